The molecule has 1 aliphatic rings. The first-order chi connectivity index (χ1) is 12.1. The van der Waals surface area contributed by atoms with Gasteiger partial charge in [0, 0.05) is 31.2 Å². The summed E-state index contributed by atoms with van der Waals surface area (Å²) in [6, 6.07) is 13.2. The molecule has 1 heterocycles. The van der Waals surface area contributed by atoms with Crippen LogP contribution in [0.15, 0.2) is 36.4 Å². The van der Waals surface area contributed by atoms with E-state index in [4.69, 9.17) is 10.5 Å². The van der Waals surface area contributed by atoms with E-state index in [2.05, 4.69) is 62.1 Å². The van der Waals surface area contributed by atoms with Crippen molar-refractivity contribution in [3.05, 3.63) is 64.2 Å². The van der Waals surface area contributed by atoms with E-state index in [1.54, 1.807) is 7.11 Å². The topological polar surface area (TPSA) is 38.5 Å². The third kappa shape index (κ3) is 3.44. The molecule has 2 aromatic carbocycles. The van der Waals surface area contributed by atoms with Crippen molar-refractivity contribution < 1.29 is 4.74 Å². The summed E-state index contributed by atoms with van der Waals surface area (Å²) in [7, 11) is 1.77. The molecular formula is C22H30N2O. The summed E-state index contributed by atoms with van der Waals surface area (Å²) in [5, 5.41) is 0. The maximum absolute atomic E-state index is 6.24. The van der Waals surface area contributed by atoms with Crippen molar-refractivity contribution in [1.29, 1.82) is 0 Å². The van der Waals surface area contributed by atoms with Crippen molar-refractivity contribution in [3.8, 4) is 5.75 Å². The van der Waals surface area contributed by atoms with E-state index in [0.717, 1.165) is 25.3 Å². The van der Waals surface area contributed by atoms with Crippen LogP contribution in [0.3, 0.4) is 0 Å². The average molecular weight is 338 g/mol. The van der Waals surface area contributed by atoms with Gasteiger partial charge in [-0.15, -0.1) is 0 Å². The highest BCUT2D eigenvalue weighted by molar-refractivity contribution is 5.54. The number of ether oxygens (including phenoxy) is 1. The van der Waals surface area contributed by atoms with Crippen LogP contribution in [-0.2, 0) is 13.0 Å². The fourth-order valence-corrected chi connectivity index (χ4v) is 4.14. The first kappa shape index (κ1) is 18.0. The molecule has 2 N–H and O–H groups in total. The number of aryl methyl sites for hydroxylation is 1. The molecule has 134 valence electrons. The number of nitrogens with zero attached hydrogens (tertiary/aromatic N) is 1. The molecule has 0 spiro atoms. The lowest BCUT2D eigenvalue weighted by molar-refractivity contribution is 0.222. The number of benzene rings is 2. The standard InChI is InChI=1S/C22H30N2O/c1-15(2)21-20(25-4)12-16(3)18-14-24(19(13-23)22(18)21)11-10-17-8-6-5-7-9-17/h5-9,12,15,19H,10-11,13-14,23H2,1-4H3. The third-order valence-corrected chi connectivity index (χ3v) is 5.39. The Hall–Kier alpha value is -1.84. The summed E-state index contributed by atoms with van der Waals surface area (Å²) in [4.78, 5) is 2.54. The Labute approximate surface area is 151 Å². The molecule has 1 atom stereocenters. The van der Waals surface area contributed by atoms with Crippen LogP contribution in [0.1, 0.15) is 53.6 Å². The van der Waals surface area contributed by atoms with Gasteiger partial charge in [-0.3, -0.25) is 4.90 Å². The molecule has 0 saturated carbocycles. The molecule has 0 aliphatic carbocycles. The summed E-state index contributed by atoms with van der Waals surface area (Å²) in [6.45, 7) is 9.34. The van der Waals surface area contributed by atoms with E-state index in [1.165, 1.54) is 27.8 Å². The Morgan fingerprint density at radius 1 is 1.24 bits per heavy atom. The second-order valence-electron chi connectivity index (χ2n) is 7.31. The fraction of sp³-hybridized carbons (Fsp3) is 0.455. The van der Waals surface area contributed by atoms with Gasteiger partial charge in [0.15, 0.2) is 0 Å². The predicted molar refractivity (Wildman–Crippen MR) is 104 cm³/mol. The van der Waals surface area contributed by atoms with Gasteiger partial charge in [-0.25, -0.2) is 0 Å². The fourth-order valence-electron chi connectivity index (χ4n) is 4.14. The zero-order valence-corrected chi connectivity index (χ0v) is 15.9. The molecule has 3 rings (SSSR count). The summed E-state index contributed by atoms with van der Waals surface area (Å²) >= 11 is 0. The van der Waals surface area contributed by atoms with E-state index < -0.39 is 0 Å². The van der Waals surface area contributed by atoms with Crippen molar-refractivity contribution in [3.63, 3.8) is 0 Å². The number of rotatable bonds is 6. The first-order valence-corrected chi connectivity index (χ1v) is 9.25. The predicted octanol–water partition coefficient (Wildman–Crippen LogP) is 4.19. The van der Waals surface area contributed by atoms with Gasteiger partial charge < -0.3 is 10.5 Å². The van der Waals surface area contributed by atoms with E-state index in [1.807, 2.05) is 0 Å². The van der Waals surface area contributed by atoms with Crippen molar-refractivity contribution in [2.45, 2.75) is 45.7 Å². The molecule has 1 aliphatic heterocycles. The molecular weight excluding hydrogens is 308 g/mol. The van der Waals surface area contributed by atoms with Crippen LogP contribution < -0.4 is 10.5 Å². The highest BCUT2D eigenvalue weighted by atomic mass is 16.5. The Kier molecular flexibility index (Phi) is 5.45. The maximum atomic E-state index is 6.24. The molecule has 0 aromatic heterocycles. The second kappa shape index (κ2) is 7.59. The maximum Gasteiger partial charge on any atom is 0.122 e. The van der Waals surface area contributed by atoms with Gasteiger partial charge in [0.2, 0.25) is 0 Å². The Bertz CT molecular complexity index is 725. The Morgan fingerprint density at radius 2 is 1.96 bits per heavy atom. The van der Waals surface area contributed by atoms with Crippen LogP contribution >= 0.6 is 0 Å². The highest BCUT2D eigenvalue weighted by Crippen LogP contribution is 2.44. The Balaban J connectivity index is 1.92. The number of hydrogen-bond donors (Lipinski definition) is 1. The number of methoxy groups -OCH3 is 1. The van der Waals surface area contributed by atoms with Crippen LogP contribution in [-0.4, -0.2) is 25.1 Å². The Morgan fingerprint density at radius 3 is 2.56 bits per heavy atom. The second-order valence-corrected chi connectivity index (χ2v) is 7.31. The zero-order valence-electron chi connectivity index (χ0n) is 15.9. The molecule has 0 fully saturated rings. The minimum Gasteiger partial charge on any atom is -0.496 e. The minimum absolute atomic E-state index is 0.282. The molecule has 1 unspecified atom stereocenters. The molecule has 25 heavy (non-hydrogen) atoms. The van der Waals surface area contributed by atoms with Crippen LogP contribution in [0.4, 0.5) is 0 Å². The van der Waals surface area contributed by atoms with E-state index in [0.29, 0.717) is 12.5 Å². The lowest BCUT2D eigenvalue weighted by atomic mass is 9.88. The minimum atomic E-state index is 0.282. The number of nitrogens with two attached hydrogens (primary N) is 1. The molecule has 0 saturated heterocycles. The van der Waals surface area contributed by atoms with Gasteiger partial charge in [0.1, 0.15) is 5.75 Å². The van der Waals surface area contributed by atoms with E-state index in [-0.39, 0.29) is 6.04 Å². The SMILES string of the molecule is COc1cc(C)c2c(c1C(C)C)C(CN)N(CCc1ccccc1)C2. The van der Waals surface area contributed by atoms with Crippen molar-refractivity contribution in [2.24, 2.45) is 5.73 Å². The lowest BCUT2D eigenvalue weighted by Crippen LogP contribution is -2.30. The van der Waals surface area contributed by atoms with Crippen LogP contribution in [0.5, 0.6) is 5.75 Å². The summed E-state index contributed by atoms with van der Waals surface area (Å²) in [5.41, 5.74) is 13.1. The molecule has 0 radical (unpaired) electrons. The molecule has 0 bridgehead atoms. The lowest BCUT2D eigenvalue weighted by Gasteiger charge is -2.26. The summed E-state index contributed by atoms with van der Waals surface area (Å²) < 4.78 is 5.71. The molecule has 3 nitrogen and oxygen atoms in total. The largest absolute Gasteiger partial charge is 0.496 e. The molecule has 3 heteroatoms. The molecule has 0 amide bonds. The van der Waals surface area contributed by atoms with Gasteiger partial charge in [-0.05, 0) is 47.6 Å². The van der Waals surface area contributed by atoms with Gasteiger partial charge in [-0.1, -0.05) is 44.2 Å². The normalized spacial score (nSPS) is 17.1. The first-order valence-electron chi connectivity index (χ1n) is 9.25. The van der Waals surface area contributed by atoms with Gasteiger partial charge >= 0.3 is 0 Å². The van der Waals surface area contributed by atoms with Gasteiger partial charge in [0.05, 0.1) is 7.11 Å². The summed E-state index contributed by atoms with van der Waals surface area (Å²) in [6.07, 6.45) is 1.05. The summed E-state index contributed by atoms with van der Waals surface area (Å²) in [5.74, 6) is 1.43. The van der Waals surface area contributed by atoms with Crippen LogP contribution in [0, 0.1) is 6.92 Å². The smallest absolute Gasteiger partial charge is 0.122 e. The van der Waals surface area contributed by atoms with Crippen molar-refractivity contribution in [2.75, 3.05) is 20.2 Å². The van der Waals surface area contributed by atoms with Gasteiger partial charge in [-0.2, -0.15) is 0 Å². The third-order valence-electron chi connectivity index (χ3n) is 5.39. The zero-order chi connectivity index (χ0) is 18.0. The highest BCUT2D eigenvalue weighted by Gasteiger charge is 2.34. The monoisotopic (exact) mass is 338 g/mol. The van der Waals surface area contributed by atoms with Crippen molar-refractivity contribution in [1.82, 2.24) is 4.90 Å². The van der Waals surface area contributed by atoms with Crippen molar-refractivity contribution >= 4 is 0 Å². The number of fused-ring (bicyclic) bond motifs is 1. The number of hydrogen-bond acceptors (Lipinski definition) is 3. The quantitative estimate of drug-likeness (QED) is 0.858. The van der Waals surface area contributed by atoms with Crippen LogP contribution in [0.2, 0.25) is 0 Å². The van der Waals surface area contributed by atoms with E-state index >= 15 is 0 Å². The average Bonchev–Trinajstić information content (AvgIpc) is 2.99. The molecule has 2 aromatic rings. The van der Waals surface area contributed by atoms with Crippen LogP contribution in [0.25, 0.3) is 0 Å². The van der Waals surface area contributed by atoms with E-state index in [9.17, 15) is 0 Å². The van der Waals surface area contributed by atoms with Gasteiger partial charge in [0.25, 0.3) is 0 Å².